The maximum absolute atomic E-state index is 12.4. The second kappa shape index (κ2) is 7.64. The van der Waals surface area contributed by atoms with E-state index in [9.17, 15) is 13.2 Å². The lowest BCUT2D eigenvalue weighted by molar-refractivity contribution is 0.101. The van der Waals surface area contributed by atoms with Crippen molar-refractivity contribution in [2.24, 2.45) is 0 Å². The highest BCUT2D eigenvalue weighted by molar-refractivity contribution is 7.89. The van der Waals surface area contributed by atoms with Crippen LogP contribution in [-0.4, -0.2) is 41.5 Å². The van der Waals surface area contributed by atoms with Crippen LogP contribution in [-0.2, 0) is 16.6 Å². The third-order valence-electron chi connectivity index (χ3n) is 3.84. The van der Waals surface area contributed by atoms with Crippen LogP contribution in [0.4, 0.5) is 0 Å². The van der Waals surface area contributed by atoms with E-state index >= 15 is 0 Å². The fourth-order valence-electron chi connectivity index (χ4n) is 2.35. The number of hydrogen-bond acceptors (Lipinski definition) is 7. The van der Waals surface area contributed by atoms with Crippen LogP contribution in [0.15, 0.2) is 53.4 Å². The van der Waals surface area contributed by atoms with Gasteiger partial charge in [-0.1, -0.05) is 12.1 Å². The molecule has 0 bridgehead atoms. The van der Waals surface area contributed by atoms with Gasteiger partial charge in [0.05, 0.1) is 24.2 Å². The van der Waals surface area contributed by atoms with Crippen LogP contribution in [0, 0.1) is 0 Å². The fraction of sp³-hybridized carbons (Fsp3) is 0.176. The van der Waals surface area contributed by atoms with E-state index in [0.29, 0.717) is 22.8 Å². The number of ether oxygens (including phenoxy) is 1. The van der Waals surface area contributed by atoms with Crippen molar-refractivity contribution in [1.82, 2.24) is 24.9 Å². The molecule has 0 radical (unpaired) electrons. The van der Waals surface area contributed by atoms with Gasteiger partial charge in [-0.2, -0.15) is 4.68 Å². The third kappa shape index (κ3) is 4.18. The molecular weight excluding hydrogens is 370 g/mol. The third-order valence-corrected chi connectivity index (χ3v) is 5.26. The summed E-state index contributed by atoms with van der Waals surface area (Å²) in [4.78, 5) is 11.4. The number of carbonyl (C=O) groups is 1. The molecule has 3 rings (SSSR count). The van der Waals surface area contributed by atoms with Gasteiger partial charge in [-0.25, -0.2) is 13.1 Å². The topological polar surface area (TPSA) is 116 Å². The summed E-state index contributed by atoms with van der Waals surface area (Å²) >= 11 is 0. The summed E-state index contributed by atoms with van der Waals surface area (Å²) in [6, 6.07) is 12.7. The minimum absolute atomic E-state index is 0.0518. The number of hydrogen-bond donors (Lipinski definition) is 1. The van der Waals surface area contributed by atoms with E-state index in [2.05, 4.69) is 20.2 Å². The molecule has 10 heteroatoms. The molecule has 9 nitrogen and oxygen atoms in total. The van der Waals surface area contributed by atoms with Crippen molar-refractivity contribution < 1.29 is 17.9 Å². The number of benzene rings is 2. The summed E-state index contributed by atoms with van der Waals surface area (Å²) in [6.45, 7) is 1.32. The van der Waals surface area contributed by atoms with E-state index in [1.165, 1.54) is 35.9 Å². The first kappa shape index (κ1) is 18.7. The molecule has 140 valence electrons. The summed E-state index contributed by atoms with van der Waals surface area (Å²) in [7, 11) is -2.21. The predicted molar refractivity (Wildman–Crippen MR) is 96.2 cm³/mol. The normalized spacial score (nSPS) is 11.3. The van der Waals surface area contributed by atoms with Gasteiger partial charge < -0.3 is 4.74 Å². The molecule has 0 atom stereocenters. The molecule has 27 heavy (non-hydrogen) atoms. The Kier molecular flexibility index (Phi) is 5.28. The van der Waals surface area contributed by atoms with Gasteiger partial charge in [-0.3, -0.25) is 4.79 Å². The molecule has 0 saturated heterocycles. The molecule has 1 aromatic heterocycles. The second-order valence-electron chi connectivity index (χ2n) is 5.61. The maximum Gasteiger partial charge on any atom is 0.240 e. The summed E-state index contributed by atoms with van der Waals surface area (Å²) in [5, 5.41) is 11.4. The Balaban J connectivity index is 1.76. The van der Waals surface area contributed by atoms with E-state index in [1.807, 2.05) is 0 Å². The zero-order chi connectivity index (χ0) is 19.4. The Morgan fingerprint density at radius 3 is 2.37 bits per heavy atom. The lowest BCUT2D eigenvalue weighted by Crippen LogP contribution is -2.25. The van der Waals surface area contributed by atoms with Crippen LogP contribution in [0.25, 0.3) is 5.69 Å². The van der Waals surface area contributed by atoms with E-state index in [4.69, 9.17) is 4.74 Å². The van der Waals surface area contributed by atoms with Crippen LogP contribution in [0.1, 0.15) is 23.1 Å². The van der Waals surface area contributed by atoms with Gasteiger partial charge in [0.15, 0.2) is 11.6 Å². The van der Waals surface area contributed by atoms with Crippen molar-refractivity contribution in [3.8, 4) is 11.4 Å². The lowest BCUT2D eigenvalue weighted by Gasteiger charge is -2.08. The summed E-state index contributed by atoms with van der Waals surface area (Å²) < 4.78 is 33.9. The molecule has 0 fully saturated rings. The molecular formula is C17H17N5O4S. The lowest BCUT2D eigenvalue weighted by atomic mass is 10.2. The van der Waals surface area contributed by atoms with Gasteiger partial charge in [-0.05, 0) is 53.7 Å². The van der Waals surface area contributed by atoms with Gasteiger partial charge in [0.25, 0.3) is 0 Å². The zero-order valence-electron chi connectivity index (χ0n) is 14.7. The van der Waals surface area contributed by atoms with Crippen LogP contribution in [0.5, 0.6) is 5.75 Å². The fourth-order valence-corrected chi connectivity index (χ4v) is 3.33. The first-order valence-electron chi connectivity index (χ1n) is 7.93. The summed E-state index contributed by atoms with van der Waals surface area (Å²) in [5.41, 5.74) is 1.11. The molecule has 0 aliphatic carbocycles. The van der Waals surface area contributed by atoms with Gasteiger partial charge in [-0.15, -0.1) is 5.10 Å². The summed E-state index contributed by atoms with van der Waals surface area (Å²) in [5.74, 6) is 0.873. The maximum atomic E-state index is 12.4. The van der Waals surface area contributed by atoms with E-state index in [-0.39, 0.29) is 17.2 Å². The average molecular weight is 387 g/mol. The Morgan fingerprint density at radius 1 is 1.11 bits per heavy atom. The molecule has 0 saturated carbocycles. The van der Waals surface area contributed by atoms with Crippen LogP contribution in [0.2, 0.25) is 0 Å². The monoisotopic (exact) mass is 387 g/mol. The molecule has 0 amide bonds. The SMILES string of the molecule is COc1ccc(-n2nnnc2CNS(=O)(=O)c2ccc(C(C)=O)cc2)cc1. The van der Waals surface area contributed by atoms with Crippen molar-refractivity contribution in [2.75, 3.05) is 7.11 Å². The van der Waals surface area contributed by atoms with Crippen LogP contribution in [0.3, 0.4) is 0 Å². The highest BCUT2D eigenvalue weighted by Gasteiger charge is 2.17. The van der Waals surface area contributed by atoms with Crippen molar-refractivity contribution in [3.05, 3.63) is 59.9 Å². The number of aromatic nitrogens is 4. The molecule has 0 unspecified atom stereocenters. The number of nitrogens with zero attached hydrogens (tertiary/aromatic N) is 4. The number of sulfonamides is 1. The van der Waals surface area contributed by atoms with Crippen molar-refractivity contribution in [2.45, 2.75) is 18.4 Å². The molecule has 0 aliphatic heterocycles. The molecule has 1 N–H and O–H groups in total. The van der Waals surface area contributed by atoms with Crippen molar-refractivity contribution >= 4 is 15.8 Å². The standard InChI is InChI=1S/C17H17N5O4S/c1-12(23)13-3-9-16(10-4-13)27(24,25)18-11-17-19-20-21-22(17)14-5-7-15(26-2)8-6-14/h3-10,18H,11H2,1-2H3. The van der Waals surface area contributed by atoms with Crippen LogP contribution >= 0.6 is 0 Å². The van der Waals surface area contributed by atoms with Gasteiger partial charge in [0.2, 0.25) is 10.0 Å². The number of Topliss-reactive ketones (excluding diaryl/α,β-unsaturated/α-hetero) is 1. The van der Waals surface area contributed by atoms with E-state index < -0.39 is 10.0 Å². The Labute approximate surface area is 156 Å². The number of carbonyl (C=O) groups excluding carboxylic acids is 1. The Bertz CT molecular complexity index is 1040. The number of ketones is 1. The van der Waals surface area contributed by atoms with Crippen molar-refractivity contribution in [3.63, 3.8) is 0 Å². The van der Waals surface area contributed by atoms with Crippen LogP contribution < -0.4 is 9.46 Å². The Hall–Kier alpha value is -3.11. The average Bonchev–Trinajstić information content (AvgIpc) is 3.15. The minimum atomic E-state index is -3.78. The minimum Gasteiger partial charge on any atom is -0.497 e. The van der Waals surface area contributed by atoms with Gasteiger partial charge in [0, 0.05) is 5.56 Å². The zero-order valence-corrected chi connectivity index (χ0v) is 15.5. The number of tetrazole rings is 1. The first-order chi connectivity index (χ1) is 12.9. The second-order valence-corrected chi connectivity index (χ2v) is 7.38. The smallest absolute Gasteiger partial charge is 0.240 e. The summed E-state index contributed by atoms with van der Waals surface area (Å²) in [6.07, 6.45) is 0. The molecule has 2 aromatic carbocycles. The number of rotatable bonds is 7. The molecule has 0 aliphatic rings. The predicted octanol–water partition coefficient (Wildman–Crippen LogP) is 1.35. The quantitative estimate of drug-likeness (QED) is 0.608. The first-order valence-corrected chi connectivity index (χ1v) is 9.41. The highest BCUT2D eigenvalue weighted by Crippen LogP contribution is 2.15. The van der Waals surface area contributed by atoms with Gasteiger partial charge in [0.1, 0.15) is 5.75 Å². The Morgan fingerprint density at radius 2 is 1.78 bits per heavy atom. The van der Waals surface area contributed by atoms with E-state index in [0.717, 1.165) is 0 Å². The largest absolute Gasteiger partial charge is 0.497 e. The number of nitrogens with one attached hydrogen (secondary N) is 1. The van der Waals surface area contributed by atoms with E-state index in [1.54, 1.807) is 31.4 Å². The van der Waals surface area contributed by atoms with Gasteiger partial charge >= 0.3 is 0 Å². The molecule has 0 spiro atoms. The molecule has 3 aromatic rings. The van der Waals surface area contributed by atoms with Crippen molar-refractivity contribution in [1.29, 1.82) is 0 Å². The number of methoxy groups -OCH3 is 1. The highest BCUT2D eigenvalue weighted by atomic mass is 32.2. The molecule has 1 heterocycles.